The lowest BCUT2D eigenvalue weighted by molar-refractivity contribution is -0.120. The number of nitrogens with zero attached hydrogens (tertiary/aromatic N) is 1. The number of hydrogen-bond acceptors (Lipinski definition) is 6. The van der Waals surface area contributed by atoms with Crippen molar-refractivity contribution < 1.29 is 25.2 Å². The number of rotatable bonds is 6. The Morgan fingerprint density at radius 2 is 2.00 bits per heavy atom. The van der Waals surface area contributed by atoms with E-state index in [0.717, 1.165) is 24.0 Å². The Bertz CT molecular complexity index is 1060. The maximum absolute atomic E-state index is 13.4. The van der Waals surface area contributed by atoms with E-state index in [-0.39, 0.29) is 27.0 Å². The third-order valence-corrected chi connectivity index (χ3v) is 5.92. The lowest BCUT2D eigenvalue weighted by atomic mass is 9.86. The van der Waals surface area contributed by atoms with E-state index in [2.05, 4.69) is 4.99 Å². The van der Waals surface area contributed by atoms with Crippen molar-refractivity contribution in [1.82, 2.24) is 0 Å². The Hall–Kier alpha value is -3.15. The molecule has 6 heteroatoms. The van der Waals surface area contributed by atoms with Gasteiger partial charge in [0.05, 0.1) is 23.3 Å². The number of ether oxygens (including phenoxy) is 3. The van der Waals surface area contributed by atoms with Crippen LogP contribution in [-0.4, -0.2) is 31.4 Å². The number of esters is 1. The highest BCUT2D eigenvalue weighted by Crippen LogP contribution is 2.51. The zero-order chi connectivity index (χ0) is 20.0. The van der Waals surface area contributed by atoms with E-state index in [9.17, 15) is 9.59 Å². The quantitative estimate of drug-likeness (QED) is 0.695. The second-order valence-corrected chi connectivity index (χ2v) is 7.59. The lowest BCUT2D eigenvalue weighted by Gasteiger charge is -2.17. The third-order valence-electron chi connectivity index (χ3n) is 5.92. The van der Waals surface area contributed by atoms with Crippen LogP contribution in [-0.2, 0) is 27.8 Å². The van der Waals surface area contributed by atoms with Crippen LogP contribution < -0.4 is 9.47 Å². The van der Waals surface area contributed by atoms with Crippen molar-refractivity contribution in [2.45, 2.75) is 38.0 Å². The highest BCUT2D eigenvalue weighted by atomic mass is 16.7. The molecule has 1 saturated carbocycles. The number of carbonyl (C=O) groups is 2. The summed E-state index contributed by atoms with van der Waals surface area (Å²) >= 11 is 0. The number of hydrogen-bond donors (Lipinski definition) is 0. The molecule has 1 aliphatic carbocycles. The molecular weight excluding hydrogens is 370 g/mol. The molecule has 0 saturated heterocycles. The number of ketones is 1. The standard InChI is InChI=1S/C23H21NO5.H2/c1-2-27-22(26)20-15(4-3-14-7-10-24-21(14)20)11-19(25)23(8-9-23)16-5-6-17-18(12-16)29-13-28-17;/h3-6,10,12H,2,7-9,11,13H2,1H3;1H. The second-order valence-electron chi connectivity index (χ2n) is 7.59. The summed E-state index contributed by atoms with van der Waals surface area (Å²) in [6.07, 6.45) is 4.24. The van der Waals surface area contributed by atoms with E-state index in [1.807, 2.05) is 30.3 Å². The predicted octanol–water partition coefficient (Wildman–Crippen LogP) is 3.94. The van der Waals surface area contributed by atoms with Crippen molar-refractivity contribution >= 4 is 23.7 Å². The summed E-state index contributed by atoms with van der Waals surface area (Å²) in [5.74, 6) is 1.07. The molecule has 0 bridgehead atoms. The molecule has 0 N–H and O–H groups in total. The molecule has 5 rings (SSSR count). The van der Waals surface area contributed by atoms with Gasteiger partial charge < -0.3 is 14.2 Å². The van der Waals surface area contributed by atoms with Gasteiger partial charge in [-0.15, -0.1) is 0 Å². The lowest BCUT2D eigenvalue weighted by Crippen LogP contribution is -2.23. The van der Waals surface area contributed by atoms with Gasteiger partial charge in [0.2, 0.25) is 6.79 Å². The zero-order valence-corrected chi connectivity index (χ0v) is 16.2. The van der Waals surface area contributed by atoms with Gasteiger partial charge in [0.15, 0.2) is 11.5 Å². The fraction of sp³-hybridized carbons (Fsp3) is 0.348. The topological polar surface area (TPSA) is 74.2 Å². The van der Waals surface area contributed by atoms with Gasteiger partial charge in [-0.1, -0.05) is 18.2 Å². The third kappa shape index (κ3) is 2.90. The van der Waals surface area contributed by atoms with Crippen LogP contribution in [0.2, 0.25) is 0 Å². The highest BCUT2D eigenvalue weighted by molar-refractivity contribution is 6.02. The monoisotopic (exact) mass is 393 g/mol. The summed E-state index contributed by atoms with van der Waals surface area (Å²) in [6, 6.07) is 9.53. The Morgan fingerprint density at radius 1 is 1.17 bits per heavy atom. The molecule has 0 radical (unpaired) electrons. The Morgan fingerprint density at radius 3 is 2.79 bits per heavy atom. The van der Waals surface area contributed by atoms with Gasteiger partial charge in [-0.3, -0.25) is 9.79 Å². The first kappa shape index (κ1) is 17.9. The van der Waals surface area contributed by atoms with Crippen LogP contribution in [0.1, 0.15) is 48.2 Å². The van der Waals surface area contributed by atoms with Crippen molar-refractivity contribution in [3.63, 3.8) is 0 Å². The number of carbonyl (C=O) groups excluding carboxylic acids is 2. The van der Waals surface area contributed by atoms with E-state index in [1.54, 1.807) is 13.1 Å². The van der Waals surface area contributed by atoms with E-state index in [0.29, 0.717) is 34.7 Å². The van der Waals surface area contributed by atoms with E-state index >= 15 is 0 Å². The molecular formula is C23H23NO5. The van der Waals surface area contributed by atoms with Gasteiger partial charge >= 0.3 is 5.97 Å². The molecule has 0 unspecified atom stereocenters. The summed E-state index contributed by atoms with van der Waals surface area (Å²) in [5, 5.41) is 0. The van der Waals surface area contributed by atoms with Gasteiger partial charge in [0.25, 0.3) is 0 Å². The van der Waals surface area contributed by atoms with Gasteiger partial charge in [-0.2, -0.15) is 0 Å². The average Bonchev–Trinajstić information content (AvgIpc) is 3.17. The van der Waals surface area contributed by atoms with Crippen LogP contribution in [0.4, 0.5) is 5.69 Å². The molecule has 0 atom stereocenters. The minimum atomic E-state index is -0.519. The van der Waals surface area contributed by atoms with E-state index in [4.69, 9.17) is 14.2 Å². The molecule has 0 aromatic heterocycles. The van der Waals surface area contributed by atoms with Crippen molar-refractivity contribution in [1.29, 1.82) is 0 Å². The summed E-state index contributed by atoms with van der Waals surface area (Å²) in [5.41, 5.74) is 3.16. The SMILES string of the molecule is CCOC(=O)c1c(CC(=O)C2(c3ccc4c(c3)OCO4)CC2)ccc2c1N=CC2.[HH]. The minimum absolute atomic E-state index is 0. The summed E-state index contributed by atoms with van der Waals surface area (Å²) in [4.78, 5) is 30.4. The van der Waals surface area contributed by atoms with Crippen molar-refractivity contribution in [3.8, 4) is 11.5 Å². The Labute approximate surface area is 170 Å². The molecule has 0 amide bonds. The van der Waals surface area contributed by atoms with Crippen LogP contribution in [0.3, 0.4) is 0 Å². The summed E-state index contributed by atoms with van der Waals surface area (Å²) < 4.78 is 16.1. The largest absolute Gasteiger partial charge is 0.462 e. The van der Waals surface area contributed by atoms with Gasteiger partial charge in [-0.05, 0) is 48.6 Å². The van der Waals surface area contributed by atoms with Crippen LogP contribution in [0, 0.1) is 0 Å². The van der Waals surface area contributed by atoms with E-state index in [1.165, 1.54) is 0 Å². The van der Waals surface area contributed by atoms with Crippen LogP contribution in [0.5, 0.6) is 11.5 Å². The molecule has 2 aromatic rings. The predicted molar refractivity (Wildman–Crippen MR) is 109 cm³/mol. The first-order chi connectivity index (χ1) is 14.1. The first-order valence-electron chi connectivity index (χ1n) is 9.90. The van der Waals surface area contributed by atoms with Crippen molar-refractivity contribution in [3.05, 3.63) is 52.6 Å². The molecule has 150 valence electrons. The molecule has 2 aliphatic heterocycles. The van der Waals surface area contributed by atoms with Gasteiger partial charge in [0.1, 0.15) is 5.78 Å². The van der Waals surface area contributed by atoms with E-state index < -0.39 is 11.4 Å². The first-order valence-corrected chi connectivity index (χ1v) is 9.90. The fourth-order valence-corrected chi connectivity index (χ4v) is 4.19. The van der Waals surface area contributed by atoms with Crippen LogP contribution in [0.15, 0.2) is 35.3 Å². The summed E-state index contributed by atoms with van der Waals surface area (Å²) in [7, 11) is 0. The average molecular weight is 393 g/mol. The Kier molecular flexibility index (Phi) is 4.15. The van der Waals surface area contributed by atoms with Crippen LogP contribution in [0.25, 0.3) is 0 Å². The normalized spacial score (nSPS) is 17.1. The van der Waals surface area contributed by atoms with Gasteiger partial charge in [-0.25, -0.2) is 4.79 Å². The number of aliphatic imine (C=N–C) groups is 1. The number of fused-ring (bicyclic) bond motifs is 2. The van der Waals surface area contributed by atoms with Gasteiger partial charge in [0, 0.05) is 20.5 Å². The van der Waals surface area contributed by atoms with Crippen molar-refractivity contribution in [2.75, 3.05) is 13.4 Å². The number of Topliss-reactive ketones (excluding diaryl/α,β-unsaturated/α-hetero) is 1. The summed E-state index contributed by atoms with van der Waals surface area (Å²) in [6.45, 7) is 2.26. The molecule has 2 heterocycles. The highest BCUT2D eigenvalue weighted by Gasteiger charge is 2.51. The molecule has 6 nitrogen and oxygen atoms in total. The molecule has 1 fully saturated rings. The molecule has 3 aliphatic rings. The maximum Gasteiger partial charge on any atom is 0.340 e. The van der Waals surface area contributed by atoms with Crippen LogP contribution >= 0.6 is 0 Å². The zero-order valence-electron chi connectivity index (χ0n) is 16.2. The maximum atomic E-state index is 13.4. The van der Waals surface area contributed by atoms with Crippen molar-refractivity contribution in [2.24, 2.45) is 4.99 Å². The smallest absolute Gasteiger partial charge is 0.340 e. The number of benzene rings is 2. The fourth-order valence-electron chi connectivity index (χ4n) is 4.19. The molecule has 2 aromatic carbocycles. The molecule has 0 spiro atoms. The molecule has 29 heavy (non-hydrogen) atoms. The second kappa shape index (κ2) is 6.72. The minimum Gasteiger partial charge on any atom is -0.462 e. The Balaban J connectivity index is 0.00000218.